The maximum atomic E-state index is 3.63. The fraction of sp³-hybridized carbons (Fsp3) is 0.556. The van der Waals surface area contributed by atoms with Crippen LogP contribution >= 0.6 is 0 Å². The Bertz CT molecular complexity index is 457. The Morgan fingerprint density at radius 1 is 0.864 bits per heavy atom. The second-order valence-corrected chi connectivity index (χ2v) is 10.7. The Morgan fingerprint density at radius 2 is 1.18 bits per heavy atom. The van der Waals surface area contributed by atoms with Gasteiger partial charge in [-0.1, -0.05) is 73.5 Å². The summed E-state index contributed by atoms with van der Waals surface area (Å²) in [4.78, 5) is 0. The fourth-order valence-electron chi connectivity index (χ4n) is 3.39. The van der Waals surface area contributed by atoms with E-state index in [1.807, 2.05) is 0 Å². The Balaban J connectivity index is 0. The molecule has 0 saturated heterocycles. The molecule has 0 nitrogen and oxygen atoms in total. The molecule has 4 heteroatoms. The van der Waals surface area contributed by atoms with E-state index in [1.165, 1.54) is 24.0 Å². The van der Waals surface area contributed by atoms with Gasteiger partial charge in [0.15, 0.2) is 0 Å². The van der Waals surface area contributed by atoms with Crippen molar-refractivity contribution in [2.24, 2.45) is 11.8 Å². The van der Waals surface area contributed by atoms with Crippen LogP contribution in [-0.4, -0.2) is 8.07 Å². The molecule has 0 aromatic carbocycles. The first-order chi connectivity index (χ1) is 8.90. The molecule has 0 radical (unpaired) electrons. The molecule has 120 valence electrons. The van der Waals surface area contributed by atoms with Gasteiger partial charge in [-0.15, -0.1) is 0 Å². The van der Waals surface area contributed by atoms with Gasteiger partial charge in [0.05, 0.1) is 0 Å². The summed E-state index contributed by atoms with van der Waals surface area (Å²) in [6.07, 6.45) is 14.6. The molecule has 2 aliphatic rings. The van der Waals surface area contributed by atoms with Crippen LogP contribution < -0.4 is 24.8 Å². The minimum Gasteiger partial charge on any atom is -1.00 e. The van der Waals surface area contributed by atoms with Crippen molar-refractivity contribution in [3.8, 4) is 0 Å². The van der Waals surface area contributed by atoms with Gasteiger partial charge in [-0.2, -0.15) is 12.2 Å². The standard InChI is InChI=1S/C18H26Si.2ClH.Zr/c1-7-15-9-13(3)17(11-15)19(5,6)18-12-16(8-2)10-14(18)4;;;/h11-12,15-16H,7-8H2,1-6H3;2*1H;/q-2;;;+4/p-2. The van der Waals surface area contributed by atoms with E-state index in [0.717, 1.165) is 0 Å². The second-order valence-electron chi connectivity index (χ2n) is 6.35. The van der Waals surface area contributed by atoms with E-state index < -0.39 is 8.07 Å². The molecule has 0 spiro atoms. The molecular weight excluding hydrogens is 406 g/mol. The predicted octanol–water partition coefficient (Wildman–Crippen LogP) is -0.790. The van der Waals surface area contributed by atoms with Crippen LogP contribution in [0.2, 0.25) is 13.1 Å². The van der Waals surface area contributed by atoms with Gasteiger partial charge in [0.1, 0.15) is 0 Å². The van der Waals surface area contributed by atoms with Gasteiger partial charge in [0.25, 0.3) is 0 Å². The van der Waals surface area contributed by atoms with Gasteiger partial charge in [0, 0.05) is 0 Å². The summed E-state index contributed by atoms with van der Waals surface area (Å²) in [6.45, 7) is 13.9. The SMILES string of the molecule is CCC1[C-]=C(C)C([Si](C)(C)C2=CC(CC)[C-]=C2C)=C1.[Cl-].[Cl-].[Zr+4]. The zero-order valence-corrected chi connectivity index (χ0v) is 19.4. The van der Waals surface area contributed by atoms with Gasteiger partial charge in [0.2, 0.25) is 0 Å². The Labute approximate surface area is 169 Å². The Morgan fingerprint density at radius 3 is 1.41 bits per heavy atom. The zero-order valence-electron chi connectivity index (χ0n) is 14.5. The van der Waals surface area contributed by atoms with Gasteiger partial charge in [-0.25, -0.2) is 21.5 Å². The van der Waals surface area contributed by atoms with E-state index >= 15 is 0 Å². The van der Waals surface area contributed by atoms with Gasteiger partial charge >= 0.3 is 26.2 Å². The van der Waals surface area contributed by atoms with Crippen LogP contribution in [0.3, 0.4) is 0 Å². The van der Waals surface area contributed by atoms with Crippen molar-refractivity contribution in [1.29, 1.82) is 0 Å². The summed E-state index contributed by atoms with van der Waals surface area (Å²) in [5, 5.41) is 3.20. The molecule has 0 bridgehead atoms. The summed E-state index contributed by atoms with van der Waals surface area (Å²) in [5.74, 6) is 1.08. The summed E-state index contributed by atoms with van der Waals surface area (Å²) >= 11 is 0. The van der Waals surface area contributed by atoms with E-state index in [2.05, 4.69) is 65.1 Å². The molecule has 2 rings (SSSR count). The van der Waals surface area contributed by atoms with E-state index in [0.29, 0.717) is 11.8 Å². The smallest absolute Gasteiger partial charge is 1.00 e. The van der Waals surface area contributed by atoms with Crippen molar-refractivity contribution >= 4 is 8.07 Å². The number of rotatable bonds is 4. The molecule has 0 aliphatic heterocycles. The van der Waals surface area contributed by atoms with Gasteiger partial charge in [-0.3, -0.25) is 12.2 Å². The van der Waals surface area contributed by atoms with E-state index in [1.54, 1.807) is 10.4 Å². The van der Waals surface area contributed by atoms with Crippen LogP contribution in [0, 0.1) is 24.0 Å². The quantitative estimate of drug-likeness (QED) is 0.404. The molecule has 2 aliphatic carbocycles. The minimum absolute atomic E-state index is 0. The van der Waals surface area contributed by atoms with Crippen molar-refractivity contribution in [1.82, 2.24) is 0 Å². The second kappa shape index (κ2) is 9.82. The summed E-state index contributed by atoms with van der Waals surface area (Å²) < 4.78 is 0. The summed E-state index contributed by atoms with van der Waals surface area (Å²) in [5.41, 5.74) is 2.80. The van der Waals surface area contributed by atoms with Crippen molar-refractivity contribution in [2.75, 3.05) is 0 Å². The molecular formula is C18H26Cl2SiZr. The zero-order chi connectivity index (χ0) is 14.2. The van der Waals surface area contributed by atoms with E-state index in [-0.39, 0.29) is 51.0 Å². The molecule has 0 heterocycles. The Hall–Kier alpha value is 0.640. The van der Waals surface area contributed by atoms with Crippen LogP contribution in [0.1, 0.15) is 40.5 Å². The Kier molecular flexibility index (Phi) is 11.1. The third-order valence-electron chi connectivity index (χ3n) is 4.57. The van der Waals surface area contributed by atoms with Crippen molar-refractivity contribution in [3.63, 3.8) is 0 Å². The van der Waals surface area contributed by atoms with Crippen LogP contribution in [0.4, 0.5) is 0 Å². The first-order valence-electron chi connectivity index (χ1n) is 7.55. The topological polar surface area (TPSA) is 0 Å². The molecule has 0 aromatic heterocycles. The molecule has 2 atom stereocenters. The number of hydrogen-bond acceptors (Lipinski definition) is 0. The largest absolute Gasteiger partial charge is 4.00 e. The van der Waals surface area contributed by atoms with Crippen molar-refractivity contribution < 1.29 is 51.0 Å². The maximum absolute atomic E-state index is 3.63. The number of allylic oxidation sites excluding steroid dienone is 8. The molecule has 0 saturated carbocycles. The molecule has 0 N–H and O–H groups in total. The summed E-state index contributed by atoms with van der Waals surface area (Å²) in [7, 11) is -1.56. The first-order valence-corrected chi connectivity index (χ1v) is 10.6. The molecule has 22 heavy (non-hydrogen) atoms. The average molecular weight is 433 g/mol. The van der Waals surface area contributed by atoms with Gasteiger partial charge in [-0.05, 0) is 0 Å². The first kappa shape index (κ1) is 24.9. The predicted molar refractivity (Wildman–Crippen MR) is 86.1 cm³/mol. The van der Waals surface area contributed by atoms with Crippen LogP contribution in [0.5, 0.6) is 0 Å². The van der Waals surface area contributed by atoms with Crippen molar-refractivity contribution in [2.45, 2.75) is 53.6 Å². The average Bonchev–Trinajstić information content (AvgIpc) is 2.92. The van der Waals surface area contributed by atoms with Crippen LogP contribution in [-0.2, 0) is 26.2 Å². The third kappa shape index (κ3) is 4.82. The number of halogens is 2. The third-order valence-corrected chi connectivity index (χ3v) is 8.35. The van der Waals surface area contributed by atoms with Gasteiger partial charge < -0.3 is 24.8 Å². The van der Waals surface area contributed by atoms with E-state index in [4.69, 9.17) is 0 Å². The molecule has 2 unspecified atom stereocenters. The van der Waals surface area contributed by atoms with Crippen LogP contribution in [0.15, 0.2) is 33.7 Å². The monoisotopic (exact) mass is 430 g/mol. The molecule has 0 aromatic rings. The fourth-order valence-corrected chi connectivity index (χ4v) is 6.93. The normalized spacial score (nSPS) is 23.4. The molecule has 0 amide bonds. The minimum atomic E-state index is -1.56. The van der Waals surface area contributed by atoms with E-state index in [9.17, 15) is 0 Å². The number of hydrogen-bond donors (Lipinski definition) is 0. The summed E-state index contributed by atoms with van der Waals surface area (Å²) in [6, 6.07) is 0. The maximum Gasteiger partial charge on any atom is 4.00 e. The van der Waals surface area contributed by atoms with Crippen molar-refractivity contribution in [3.05, 3.63) is 45.8 Å². The van der Waals surface area contributed by atoms with Crippen LogP contribution in [0.25, 0.3) is 0 Å². The molecule has 0 fully saturated rings.